The Labute approximate surface area is 132 Å². The molecule has 1 atom stereocenters. The van der Waals surface area contributed by atoms with Crippen molar-refractivity contribution < 1.29 is 9.59 Å². The Morgan fingerprint density at radius 1 is 1.27 bits per heavy atom. The zero-order valence-electron chi connectivity index (χ0n) is 13.8. The number of nitrogens with one attached hydrogen (secondary N) is 1. The minimum atomic E-state index is -0.254. The van der Waals surface area contributed by atoms with E-state index in [2.05, 4.69) is 11.4 Å². The van der Waals surface area contributed by atoms with Gasteiger partial charge in [0.2, 0.25) is 11.8 Å². The van der Waals surface area contributed by atoms with Crippen LogP contribution in [-0.2, 0) is 9.59 Å². The van der Waals surface area contributed by atoms with Crippen LogP contribution in [-0.4, -0.2) is 50.4 Å². The highest BCUT2D eigenvalue weighted by Crippen LogP contribution is 2.26. The summed E-state index contributed by atoms with van der Waals surface area (Å²) < 4.78 is 0. The zero-order valence-corrected chi connectivity index (χ0v) is 13.8. The summed E-state index contributed by atoms with van der Waals surface area (Å²) in [4.78, 5) is 28.2. The van der Waals surface area contributed by atoms with Gasteiger partial charge in [0, 0.05) is 31.7 Å². The quantitative estimate of drug-likeness (QED) is 0.893. The molecule has 1 fully saturated rings. The van der Waals surface area contributed by atoms with Crippen LogP contribution in [0.5, 0.6) is 0 Å². The van der Waals surface area contributed by atoms with Gasteiger partial charge in [-0.1, -0.05) is 6.07 Å². The van der Waals surface area contributed by atoms with Gasteiger partial charge in [-0.15, -0.1) is 0 Å². The fourth-order valence-electron chi connectivity index (χ4n) is 2.79. The first-order valence-corrected chi connectivity index (χ1v) is 7.68. The number of carbonyl (C=O) groups excluding carboxylic acids is 2. The third-order valence-electron chi connectivity index (χ3n) is 3.87. The largest absolute Gasteiger partial charge is 0.355 e. The Hall–Kier alpha value is -1.88. The van der Waals surface area contributed by atoms with Crippen LogP contribution >= 0.6 is 0 Å². The number of amides is 2. The number of hydrogen-bond acceptors (Lipinski definition) is 3. The molecule has 1 saturated heterocycles. The third-order valence-corrected chi connectivity index (χ3v) is 3.87. The maximum Gasteiger partial charge on any atom is 0.227 e. The molecule has 5 heteroatoms. The molecule has 0 radical (unpaired) electrons. The molecule has 1 aromatic rings. The van der Waals surface area contributed by atoms with E-state index in [0.717, 1.165) is 23.4 Å². The lowest BCUT2D eigenvalue weighted by Crippen LogP contribution is -2.36. The van der Waals surface area contributed by atoms with Crippen molar-refractivity contribution in [1.82, 2.24) is 10.2 Å². The number of carbonyl (C=O) groups is 2. The Morgan fingerprint density at radius 2 is 1.91 bits per heavy atom. The van der Waals surface area contributed by atoms with Gasteiger partial charge in [-0.3, -0.25) is 9.59 Å². The molecule has 0 aromatic heterocycles. The van der Waals surface area contributed by atoms with Gasteiger partial charge >= 0.3 is 0 Å². The van der Waals surface area contributed by atoms with Gasteiger partial charge < -0.3 is 15.1 Å². The normalized spacial score (nSPS) is 18.1. The monoisotopic (exact) mass is 303 g/mol. The molecule has 0 saturated carbocycles. The first-order valence-electron chi connectivity index (χ1n) is 7.68. The van der Waals surface area contributed by atoms with E-state index in [4.69, 9.17) is 0 Å². The number of likely N-dealkylation sites (N-methyl/N-ethyl adjacent to an activating group) is 1. The summed E-state index contributed by atoms with van der Waals surface area (Å²) in [5, 5.41) is 2.91. The molecule has 0 aliphatic carbocycles. The van der Waals surface area contributed by atoms with Crippen LogP contribution in [0, 0.1) is 19.8 Å². The average Bonchev–Trinajstić information content (AvgIpc) is 2.79. The Morgan fingerprint density at radius 3 is 2.50 bits per heavy atom. The fourth-order valence-corrected chi connectivity index (χ4v) is 2.79. The number of anilines is 1. The molecule has 1 N–H and O–H groups in total. The first kappa shape index (κ1) is 16.5. The van der Waals surface area contributed by atoms with Crippen molar-refractivity contribution in [3.8, 4) is 0 Å². The summed E-state index contributed by atoms with van der Waals surface area (Å²) >= 11 is 0. The number of hydrogen-bond donors (Lipinski definition) is 1. The highest BCUT2D eigenvalue weighted by Gasteiger charge is 2.35. The lowest BCUT2D eigenvalue weighted by Gasteiger charge is -2.18. The van der Waals surface area contributed by atoms with E-state index >= 15 is 0 Å². The molecule has 1 unspecified atom stereocenters. The van der Waals surface area contributed by atoms with Crippen molar-refractivity contribution in [3.05, 3.63) is 29.3 Å². The summed E-state index contributed by atoms with van der Waals surface area (Å²) in [5.74, 6) is -0.254. The predicted molar refractivity (Wildman–Crippen MR) is 87.9 cm³/mol. The predicted octanol–water partition coefficient (Wildman–Crippen LogP) is 1.33. The summed E-state index contributed by atoms with van der Waals surface area (Å²) in [7, 11) is 3.93. The molecule has 1 aliphatic rings. The van der Waals surface area contributed by atoms with Crippen molar-refractivity contribution >= 4 is 17.5 Å². The van der Waals surface area contributed by atoms with E-state index in [9.17, 15) is 9.59 Å². The smallest absolute Gasteiger partial charge is 0.227 e. The molecule has 5 nitrogen and oxygen atoms in total. The van der Waals surface area contributed by atoms with Crippen LogP contribution in [0.2, 0.25) is 0 Å². The van der Waals surface area contributed by atoms with Crippen LogP contribution < -0.4 is 10.2 Å². The van der Waals surface area contributed by atoms with E-state index in [0.29, 0.717) is 19.5 Å². The lowest BCUT2D eigenvalue weighted by atomic mass is 10.1. The highest BCUT2D eigenvalue weighted by molar-refractivity contribution is 6.00. The van der Waals surface area contributed by atoms with Crippen LogP contribution in [0.25, 0.3) is 0 Å². The van der Waals surface area contributed by atoms with Gasteiger partial charge in [-0.2, -0.15) is 0 Å². The minimum Gasteiger partial charge on any atom is -0.355 e. The van der Waals surface area contributed by atoms with Gasteiger partial charge in [0.15, 0.2) is 0 Å². The highest BCUT2D eigenvalue weighted by atomic mass is 16.2. The SMILES string of the molecule is Cc1cc(C)cc(N2CC(C(=O)NCCN(C)C)CC2=O)c1. The maximum absolute atomic E-state index is 12.2. The van der Waals surface area contributed by atoms with Gasteiger partial charge in [0.05, 0.1) is 5.92 Å². The summed E-state index contributed by atoms with van der Waals surface area (Å²) in [6.45, 7) is 5.91. The molecule has 0 bridgehead atoms. The van der Waals surface area contributed by atoms with E-state index in [1.54, 1.807) is 4.90 Å². The molecule has 22 heavy (non-hydrogen) atoms. The third kappa shape index (κ3) is 4.07. The first-order chi connectivity index (χ1) is 10.4. The molecular weight excluding hydrogens is 278 g/mol. The van der Waals surface area contributed by atoms with Gasteiger partial charge in [0.1, 0.15) is 0 Å². The molecule has 1 heterocycles. The Balaban J connectivity index is 1.99. The molecule has 0 spiro atoms. The number of nitrogens with zero attached hydrogens (tertiary/aromatic N) is 2. The fraction of sp³-hybridized carbons (Fsp3) is 0.529. The van der Waals surface area contributed by atoms with Crippen molar-refractivity contribution in [2.45, 2.75) is 20.3 Å². The molecule has 2 rings (SSSR count). The van der Waals surface area contributed by atoms with E-state index in [1.807, 2.05) is 45.0 Å². The second kappa shape index (κ2) is 6.92. The Kier molecular flexibility index (Phi) is 5.19. The lowest BCUT2D eigenvalue weighted by molar-refractivity contribution is -0.126. The van der Waals surface area contributed by atoms with Gasteiger partial charge in [-0.05, 0) is 51.2 Å². The standard InChI is InChI=1S/C17H25N3O2/c1-12-7-13(2)9-15(8-12)20-11-14(10-16(20)21)17(22)18-5-6-19(3)4/h7-9,14H,5-6,10-11H2,1-4H3,(H,18,22). The van der Waals surface area contributed by atoms with Gasteiger partial charge in [-0.25, -0.2) is 0 Å². The van der Waals surface area contributed by atoms with E-state index in [-0.39, 0.29) is 17.7 Å². The van der Waals surface area contributed by atoms with Gasteiger partial charge in [0.25, 0.3) is 0 Å². The second-order valence-electron chi connectivity index (χ2n) is 6.35. The second-order valence-corrected chi connectivity index (χ2v) is 6.35. The van der Waals surface area contributed by atoms with Crippen LogP contribution in [0.1, 0.15) is 17.5 Å². The molecule has 1 aliphatic heterocycles. The number of rotatable bonds is 5. The maximum atomic E-state index is 12.2. The molecule has 2 amide bonds. The Bertz CT molecular complexity index is 549. The van der Waals surface area contributed by atoms with Crippen molar-refractivity contribution in [2.24, 2.45) is 5.92 Å². The van der Waals surface area contributed by atoms with Crippen LogP contribution in [0.15, 0.2) is 18.2 Å². The summed E-state index contributed by atoms with van der Waals surface area (Å²) in [6, 6.07) is 6.07. The minimum absolute atomic E-state index is 0.0257. The molecular formula is C17H25N3O2. The molecule has 1 aromatic carbocycles. The zero-order chi connectivity index (χ0) is 16.3. The van der Waals surface area contributed by atoms with Crippen molar-refractivity contribution in [3.63, 3.8) is 0 Å². The molecule has 120 valence electrons. The van der Waals surface area contributed by atoms with Crippen molar-refractivity contribution in [1.29, 1.82) is 0 Å². The number of aryl methyl sites for hydroxylation is 2. The van der Waals surface area contributed by atoms with E-state index in [1.165, 1.54) is 0 Å². The van der Waals surface area contributed by atoms with Crippen LogP contribution in [0.3, 0.4) is 0 Å². The van der Waals surface area contributed by atoms with E-state index < -0.39 is 0 Å². The van der Waals surface area contributed by atoms with Crippen molar-refractivity contribution in [2.75, 3.05) is 38.6 Å². The number of benzene rings is 1. The average molecular weight is 303 g/mol. The summed E-state index contributed by atoms with van der Waals surface area (Å²) in [5.41, 5.74) is 3.15. The topological polar surface area (TPSA) is 52.7 Å². The van der Waals surface area contributed by atoms with Crippen LogP contribution in [0.4, 0.5) is 5.69 Å². The summed E-state index contributed by atoms with van der Waals surface area (Å²) in [6.07, 6.45) is 0.292.